The Bertz CT molecular complexity index is 183. The van der Waals surface area contributed by atoms with E-state index in [4.69, 9.17) is 5.73 Å². The molecule has 0 aromatic heterocycles. The maximum absolute atomic E-state index is 11.1. The summed E-state index contributed by atoms with van der Waals surface area (Å²) < 4.78 is 0. The molecule has 1 fully saturated rings. The van der Waals surface area contributed by atoms with E-state index in [1.165, 1.54) is 0 Å². The fourth-order valence-electron chi connectivity index (χ4n) is 1.42. The van der Waals surface area contributed by atoms with Crippen LogP contribution in [0.1, 0.15) is 25.7 Å². The van der Waals surface area contributed by atoms with Crippen LogP contribution < -0.4 is 11.1 Å². The van der Waals surface area contributed by atoms with Gasteiger partial charge in [-0.15, -0.1) is 0 Å². The number of Topliss-reactive ketones (excluding diaryl/α,β-unsaturated/α-hetero) is 1. The van der Waals surface area contributed by atoms with Gasteiger partial charge in [0.2, 0.25) is 5.78 Å². The van der Waals surface area contributed by atoms with E-state index in [0.717, 1.165) is 32.2 Å². The molecule has 0 saturated carbocycles. The molecule has 4 nitrogen and oxygen atoms in total. The van der Waals surface area contributed by atoms with E-state index in [9.17, 15) is 9.59 Å². The van der Waals surface area contributed by atoms with Gasteiger partial charge < -0.3 is 11.1 Å². The number of hydrogen-bond acceptors (Lipinski definition) is 3. The standard InChI is InChI=1S/C8H14N2O2/c9-8(12)7(11)6-4-2-1-3-5-10-6/h6,10H,1-5H2,(H2,9,12). The van der Waals surface area contributed by atoms with E-state index in [1.54, 1.807) is 0 Å². The first-order chi connectivity index (χ1) is 5.72. The third kappa shape index (κ3) is 2.30. The molecule has 1 rings (SSSR count). The topological polar surface area (TPSA) is 72.2 Å². The van der Waals surface area contributed by atoms with Crippen molar-refractivity contribution in [3.63, 3.8) is 0 Å². The summed E-state index contributed by atoms with van der Waals surface area (Å²) in [5, 5.41) is 3.01. The van der Waals surface area contributed by atoms with Gasteiger partial charge in [0.05, 0.1) is 6.04 Å². The Labute approximate surface area is 71.5 Å². The van der Waals surface area contributed by atoms with Crippen molar-refractivity contribution in [1.29, 1.82) is 0 Å². The van der Waals surface area contributed by atoms with Crippen LogP contribution in [0, 0.1) is 0 Å². The number of nitrogens with two attached hydrogens (primary N) is 1. The van der Waals surface area contributed by atoms with Gasteiger partial charge in [0.15, 0.2) is 0 Å². The summed E-state index contributed by atoms with van der Waals surface area (Å²) in [6.45, 7) is 0.809. The molecule has 1 atom stereocenters. The van der Waals surface area contributed by atoms with E-state index in [2.05, 4.69) is 5.32 Å². The Kier molecular flexibility index (Phi) is 3.22. The highest BCUT2D eigenvalue weighted by Gasteiger charge is 2.23. The molecule has 0 spiro atoms. The van der Waals surface area contributed by atoms with Crippen molar-refractivity contribution in [2.75, 3.05) is 6.54 Å². The summed E-state index contributed by atoms with van der Waals surface area (Å²) in [7, 11) is 0. The van der Waals surface area contributed by atoms with E-state index in [-0.39, 0.29) is 6.04 Å². The number of carbonyl (C=O) groups is 2. The molecule has 0 bridgehead atoms. The van der Waals surface area contributed by atoms with Crippen molar-refractivity contribution in [3.05, 3.63) is 0 Å². The van der Waals surface area contributed by atoms with Crippen LogP contribution in [0.4, 0.5) is 0 Å². The Hall–Kier alpha value is -0.900. The van der Waals surface area contributed by atoms with Gasteiger partial charge in [-0.2, -0.15) is 0 Å². The SMILES string of the molecule is NC(=O)C(=O)C1CCCCCN1. The molecule has 1 aliphatic rings. The smallest absolute Gasteiger partial charge is 0.286 e. The summed E-state index contributed by atoms with van der Waals surface area (Å²) >= 11 is 0. The first-order valence-corrected chi connectivity index (χ1v) is 4.29. The van der Waals surface area contributed by atoms with Crippen LogP contribution >= 0.6 is 0 Å². The fraction of sp³-hybridized carbons (Fsp3) is 0.750. The molecule has 1 aliphatic heterocycles. The first-order valence-electron chi connectivity index (χ1n) is 4.29. The van der Waals surface area contributed by atoms with Gasteiger partial charge in [0.1, 0.15) is 0 Å². The highest BCUT2D eigenvalue weighted by Crippen LogP contribution is 2.08. The number of nitrogens with one attached hydrogen (secondary N) is 1. The normalized spacial score (nSPS) is 24.5. The molecule has 4 heteroatoms. The molecule has 0 aromatic carbocycles. The van der Waals surface area contributed by atoms with Crippen LogP contribution in [0.25, 0.3) is 0 Å². The molecular formula is C8H14N2O2. The lowest BCUT2D eigenvalue weighted by molar-refractivity contribution is -0.137. The molecule has 1 unspecified atom stereocenters. The molecule has 12 heavy (non-hydrogen) atoms. The predicted octanol–water partition coefficient (Wildman–Crippen LogP) is -0.427. The lowest BCUT2D eigenvalue weighted by Crippen LogP contribution is -2.42. The minimum Gasteiger partial charge on any atom is -0.363 e. The Balaban J connectivity index is 2.48. The Morgan fingerprint density at radius 2 is 2.00 bits per heavy atom. The zero-order chi connectivity index (χ0) is 8.97. The summed E-state index contributed by atoms with van der Waals surface area (Å²) in [5.74, 6) is -1.30. The number of hydrogen-bond donors (Lipinski definition) is 2. The van der Waals surface area contributed by atoms with Gasteiger partial charge in [0.25, 0.3) is 5.91 Å². The quantitative estimate of drug-likeness (QED) is 0.552. The van der Waals surface area contributed by atoms with Crippen LogP contribution in [0.3, 0.4) is 0 Å². The van der Waals surface area contributed by atoms with Gasteiger partial charge in [-0.3, -0.25) is 9.59 Å². The largest absolute Gasteiger partial charge is 0.363 e. The van der Waals surface area contributed by atoms with Crippen molar-refractivity contribution in [2.45, 2.75) is 31.7 Å². The zero-order valence-electron chi connectivity index (χ0n) is 7.01. The molecule has 1 amide bonds. The summed E-state index contributed by atoms with van der Waals surface area (Å²) in [6, 6.07) is -0.329. The fourth-order valence-corrected chi connectivity index (χ4v) is 1.42. The molecule has 0 aromatic rings. The van der Waals surface area contributed by atoms with Crippen LogP contribution in [-0.2, 0) is 9.59 Å². The van der Waals surface area contributed by atoms with Crippen molar-refractivity contribution in [2.24, 2.45) is 5.73 Å². The molecular weight excluding hydrogens is 156 g/mol. The lowest BCUT2D eigenvalue weighted by Gasteiger charge is -2.11. The minimum atomic E-state index is -0.825. The van der Waals surface area contributed by atoms with Crippen molar-refractivity contribution < 1.29 is 9.59 Å². The van der Waals surface area contributed by atoms with E-state index in [1.807, 2.05) is 0 Å². The maximum atomic E-state index is 11.1. The summed E-state index contributed by atoms with van der Waals surface area (Å²) in [4.78, 5) is 21.7. The van der Waals surface area contributed by atoms with E-state index >= 15 is 0 Å². The number of primary amides is 1. The number of rotatable bonds is 2. The molecule has 0 aliphatic carbocycles. The molecule has 1 saturated heterocycles. The van der Waals surface area contributed by atoms with Crippen LogP contribution in [0.15, 0.2) is 0 Å². The van der Waals surface area contributed by atoms with Gasteiger partial charge >= 0.3 is 0 Å². The predicted molar refractivity (Wildman–Crippen MR) is 44.5 cm³/mol. The van der Waals surface area contributed by atoms with Gasteiger partial charge in [-0.25, -0.2) is 0 Å². The second-order valence-electron chi connectivity index (χ2n) is 3.08. The van der Waals surface area contributed by atoms with Crippen LogP contribution in [0.2, 0.25) is 0 Å². The van der Waals surface area contributed by atoms with Crippen molar-refractivity contribution >= 4 is 11.7 Å². The third-order valence-corrected chi connectivity index (χ3v) is 2.12. The van der Waals surface area contributed by atoms with Gasteiger partial charge in [0, 0.05) is 0 Å². The summed E-state index contributed by atoms with van der Waals surface area (Å²) in [5.41, 5.74) is 4.89. The van der Waals surface area contributed by atoms with Gasteiger partial charge in [-0.05, 0) is 19.4 Å². The second kappa shape index (κ2) is 4.21. The first kappa shape index (κ1) is 9.19. The van der Waals surface area contributed by atoms with Crippen LogP contribution in [0.5, 0.6) is 0 Å². The Morgan fingerprint density at radius 1 is 1.25 bits per heavy atom. The average Bonchev–Trinajstić information content (AvgIpc) is 2.30. The highest BCUT2D eigenvalue weighted by atomic mass is 16.2. The Morgan fingerprint density at radius 3 is 2.67 bits per heavy atom. The van der Waals surface area contributed by atoms with E-state index < -0.39 is 11.7 Å². The van der Waals surface area contributed by atoms with Crippen molar-refractivity contribution in [1.82, 2.24) is 5.32 Å². The van der Waals surface area contributed by atoms with Crippen molar-refractivity contribution in [3.8, 4) is 0 Å². The molecule has 0 radical (unpaired) electrons. The van der Waals surface area contributed by atoms with Gasteiger partial charge in [-0.1, -0.05) is 12.8 Å². The van der Waals surface area contributed by atoms with Crippen LogP contribution in [-0.4, -0.2) is 24.3 Å². The highest BCUT2D eigenvalue weighted by molar-refractivity contribution is 6.37. The minimum absolute atomic E-state index is 0.329. The number of ketones is 1. The maximum Gasteiger partial charge on any atom is 0.286 e. The zero-order valence-corrected chi connectivity index (χ0v) is 7.01. The molecule has 1 heterocycles. The summed E-state index contributed by atoms with van der Waals surface area (Å²) in [6.07, 6.45) is 3.93. The monoisotopic (exact) mass is 170 g/mol. The lowest BCUT2D eigenvalue weighted by atomic mass is 10.1. The number of amides is 1. The van der Waals surface area contributed by atoms with E-state index in [0.29, 0.717) is 0 Å². The average molecular weight is 170 g/mol. The number of carbonyl (C=O) groups excluding carboxylic acids is 2. The molecule has 3 N–H and O–H groups in total. The second-order valence-corrected chi connectivity index (χ2v) is 3.08. The molecule has 68 valence electrons. The third-order valence-electron chi connectivity index (χ3n) is 2.12.